The summed E-state index contributed by atoms with van der Waals surface area (Å²) in [7, 11) is 0. The third kappa shape index (κ3) is 20.5. The van der Waals surface area contributed by atoms with Gasteiger partial charge in [-0.15, -0.1) is 0 Å². The Hall–Kier alpha value is -6.26. The Labute approximate surface area is 408 Å². The van der Waals surface area contributed by atoms with Crippen molar-refractivity contribution in [3.05, 3.63) is 35.9 Å². The fourth-order valence-electron chi connectivity index (χ4n) is 8.67. The van der Waals surface area contributed by atoms with Crippen LogP contribution in [0, 0.1) is 56.7 Å². The highest BCUT2D eigenvalue weighted by molar-refractivity contribution is 5.92. The molecule has 0 aliphatic carbocycles. The number of likely N-dealkylation sites (tertiary alicyclic amines) is 1. The molecule has 69 heavy (non-hydrogen) atoms. The van der Waals surface area contributed by atoms with Gasteiger partial charge in [0.05, 0.1) is 24.2 Å². The van der Waals surface area contributed by atoms with Crippen LogP contribution in [-0.2, 0) is 40.1 Å². The molecule has 0 aromatic heterocycles. The highest BCUT2D eigenvalue weighted by Gasteiger charge is 2.39. The first-order chi connectivity index (χ1) is 32.7. The lowest BCUT2D eigenvalue weighted by Gasteiger charge is -2.30. The maximum Gasteiger partial charge on any atom is 0.410 e. The van der Waals surface area contributed by atoms with Crippen molar-refractivity contribution in [2.24, 2.45) is 22.7 Å². The van der Waals surface area contributed by atoms with Gasteiger partial charge in [-0.25, -0.2) is 4.79 Å². The summed E-state index contributed by atoms with van der Waals surface area (Å²) in [4.78, 5) is 90.1. The quantitative estimate of drug-likeness (QED) is 0.125. The van der Waals surface area contributed by atoms with Gasteiger partial charge in [0.15, 0.2) is 0 Å². The second-order valence-corrected chi connectivity index (χ2v) is 20.5. The number of nitrogens with one attached hydrogen (secondary N) is 7. The lowest BCUT2D eigenvalue weighted by atomic mass is 9.87. The van der Waals surface area contributed by atoms with Crippen LogP contribution in [-0.4, -0.2) is 109 Å². The van der Waals surface area contributed by atoms with Gasteiger partial charge in [-0.1, -0.05) is 71.9 Å². The van der Waals surface area contributed by atoms with Crippen LogP contribution in [0.1, 0.15) is 131 Å². The second-order valence-electron chi connectivity index (χ2n) is 20.5. The number of amides is 7. The predicted octanol–water partition coefficient (Wildman–Crippen LogP) is 3.75. The van der Waals surface area contributed by atoms with Crippen molar-refractivity contribution in [2.45, 2.75) is 168 Å². The molecule has 378 valence electrons. The summed E-state index contributed by atoms with van der Waals surface area (Å²) in [6.45, 7) is 15.9. The van der Waals surface area contributed by atoms with E-state index in [0.29, 0.717) is 51.7 Å². The van der Waals surface area contributed by atoms with Gasteiger partial charge in [0, 0.05) is 38.4 Å². The molecule has 19 nitrogen and oxygen atoms in total. The number of hydrogen-bond donors (Lipinski definition) is 7. The van der Waals surface area contributed by atoms with Crippen LogP contribution in [0.2, 0.25) is 0 Å². The second kappa shape index (κ2) is 28.3. The molecule has 4 fully saturated rings. The normalized spacial score (nSPS) is 21.7. The van der Waals surface area contributed by atoms with Crippen molar-refractivity contribution in [1.82, 2.24) is 42.1 Å². The molecule has 4 aliphatic heterocycles. The molecule has 4 saturated heterocycles. The fraction of sp³-hybridized carbons (Fsp3) is 0.680. The summed E-state index contributed by atoms with van der Waals surface area (Å²) in [6, 6.07) is 11.0. The van der Waals surface area contributed by atoms with Crippen molar-refractivity contribution < 1.29 is 38.3 Å². The highest BCUT2D eigenvalue weighted by atomic mass is 16.6. The van der Waals surface area contributed by atoms with E-state index in [-0.39, 0.29) is 71.8 Å². The van der Waals surface area contributed by atoms with E-state index in [0.717, 1.165) is 44.2 Å². The zero-order valence-corrected chi connectivity index (χ0v) is 41.6. The minimum absolute atomic E-state index is 0.0624. The first kappa shape index (κ1) is 57.1. The van der Waals surface area contributed by atoms with E-state index in [2.05, 4.69) is 49.4 Å². The Bertz CT molecular complexity index is 2010. The summed E-state index contributed by atoms with van der Waals surface area (Å²) in [6.07, 6.45) is 6.62. The van der Waals surface area contributed by atoms with Gasteiger partial charge in [-0.05, 0) is 100.0 Å². The van der Waals surface area contributed by atoms with Crippen LogP contribution in [0.5, 0.6) is 0 Å². The summed E-state index contributed by atoms with van der Waals surface area (Å²) >= 11 is 0. The molecule has 19 heteroatoms. The van der Waals surface area contributed by atoms with E-state index in [1.165, 1.54) is 11.8 Å². The van der Waals surface area contributed by atoms with Crippen LogP contribution in [0.15, 0.2) is 30.3 Å². The lowest BCUT2D eigenvalue weighted by molar-refractivity contribution is -0.132. The molecule has 0 spiro atoms. The van der Waals surface area contributed by atoms with Crippen molar-refractivity contribution >= 4 is 41.5 Å². The SMILES string of the molecule is CC#N.CC(C)(C)C[C@H](NC(=O)C1CCCN1)C(=O)N[C@H](C#N)C[C@@H]1CCCNC1=O.CC(C)(C)C[C@H](NC(=O)C1CCCN1C(=O)OCc1ccccc1)C(=O)N[C@H](C#N)C[C@@H]1CCCNC1=O. The van der Waals surface area contributed by atoms with Gasteiger partial charge in [0.1, 0.15) is 36.8 Å². The molecule has 0 saturated carbocycles. The summed E-state index contributed by atoms with van der Waals surface area (Å²) < 4.78 is 5.43. The van der Waals surface area contributed by atoms with Crippen molar-refractivity contribution in [2.75, 3.05) is 26.2 Å². The van der Waals surface area contributed by atoms with Crippen molar-refractivity contribution in [3.8, 4) is 18.2 Å². The molecule has 4 heterocycles. The zero-order chi connectivity index (χ0) is 51.1. The smallest absolute Gasteiger partial charge is 0.410 e. The lowest BCUT2D eigenvalue weighted by Crippen LogP contribution is -2.55. The highest BCUT2D eigenvalue weighted by Crippen LogP contribution is 2.25. The van der Waals surface area contributed by atoms with E-state index in [1.54, 1.807) is 6.07 Å². The predicted molar refractivity (Wildman–Crippen MR) is 256 cm³/mol. The molecular weight excluding hydrogens is 883 g/mol. The Kier molecular flexibility index (Phi) is 23.4. The molecule has 4 aliphatic rings. The number of benzene rings is 1. The molecule has 2 unspecified atom stereocenters. The van der Waals surface area contributed by atoms with Crippen LogP contribution in [0.25, 0.3) is 0 Å². The van der Waals surface area contributed by atoms with Gasteiger partial charge in [-0.3, -0.25) is 33.7 Å². The summed E-state index contributed by atoms with van der Waals surface area (Å²) in [5.74, 6) is -2.23. The number of ether oxygens (including phenoxy) is 1. The number of nitriles is 3. The molecule has 1 aromatic rings. The van der Waals surface area contributed by atoms with E-state index in [4.69, 9.17) is 10.00 Å². The minimum atomic E-state index is -0.902. The average Bonchev–Trinajstić information content (AvgIpc) is 4.03. The summed E-state index contributed by atoms with van der Waals surface area (Å²) in [5.41, 5.74) is 0.370. The van der Waals surface area contributed by atoms with Crippen LogP contribution < -0.4 is 37.2 Å². The summed E-state index contributed by atoms with van der Waals surface area (Å²) in [5, 5.41) is 46.3. The molecule has 0 radical (unpaired) electrons. The third-order valence-corrected chi connectivity index (χ3v) is 12.1. The van der Waals surface area contributed by atoms with Gasteiger partial charge in [-0.2, -0.15) is 15.8 Å². The monoisotopic (exact) mass is 958 g/mol. The number of nitrogens with zero attached hydrogens (tertiary/aromatic N) is 4. The molecule has 8 atom stereocenters. The third-order valence-electron chi connectivity index (χ3n) is 12.1. The number of rotatable bonds is 16. The average molecular weight is 958 g/mol. The van der Waals surface area contributed by atoms with Gasteiger partial charge < -0.3 is 42.0 Å². The molecule has 5 rings (SSSR count). The Morgan fingerprint density at radius 2 is 1.17 bits per heavy atom. The first-order valence-corrected chi connectivity index (χ1v) is 24.3. The fourth-order valence-corrected chi connectivity index (χ4v) is 8.67. The molecule has 7 amide bonds. The van der Waals surface area contributed by atoms with Crippen LogP contribution in [0.3, 0.4) is 0 Å². The minimum Gasteiger partial charge on any atom is -0.445 e. The molecule has 0 bridgehead atoms. The van der Waals surface area contributed by atoms with Crippen molar-refractivity contribution in [1.29, 1.82) is 15.8 Å². The largest absolute Gasteiger partial charge is 0.445 e. The van der Waals surface area contributed by atoms with Gasteiger partial charge >= 0.3 is 6.09 Å². The van der Waals surface area contributed by atoms with Crippen LogP contribution >= 0.6 is 0 Å². The molecule has 1 aromatic carbocycles. The first-order valence-electron chi connectivity index (χ1n) is 24.3. The van der Waals surface area contributed by atoms with E-state index < -0.39 is 48.1 Å². The van der Waals surface area contributed by atoms with Crippen molar-refractivity contribution in [3.63, 3.8) is 0 Å². The maximum absolute atomic E-state index is 13.3. The van der Waals surface area contributed by atoms with Gasteiger partial charge in [0.25, 0.3) is 0 Å². The Morgan fingerprint density at radius 3 is 1.61 bits per heavy atom. The van der Waals surface area contributed by atoms with Gasteiger partial charge in [0.2, 0.25) is 35.4 Å². The standard InChI is InChI=1S/C28H39N5O5.C20H33N5O3.C2H3N/c1-28(2,3)16-22(25(35)31-21(17-29)15-20-11-7-13-30-24(20)34)32-26(36)23-12-8-14-33(23)27(37)38-18-19-9-5-4-6-10-19;1-20(2,3)11-16(25-18(27)15-7-5-8-22-15)19(28)24-14(12-21)10-13-6-4-9-23-17(13)26;1-2-3/h4-6,9-10,20-23H,7-8,11-16,18H2,1-3H3,(H,30,34)(H,31,35)(H,32,36);13-16,22H,4-11H2,1-3H3,(H,23,26)(H,24,28)(H,25,27);1H3/t20-,21-,22-,23?;13-,14-,15?,16-;/m00./s1. The van der Waals surface area contributed by atoms with E-state index in [9.17, 15) is 44.1 Å². The maximum atomic E-state index is 13.3. The molecule has 7 N–H and O–H groups in total. The number of carbonyl (C=O) groups excluding carboxylic acids is 7. The van der Waals surface area contributed by atoms with E-state index in [1.807, 2.05) is 71.9 Å². The topological polar surface area (TPSA) is 288 Å². The van der Waals surface area contributed by atoms with E-state index >= 15 is 0 Å². The van der Waals surface area contributed by atoms with Crippen LogP contribution in [0.4, 0.5) is 4.79 Å². The number of hydrogen-bond acceptors (Lipinski definition) is 12. The Morgan fingerprint density at radius 1 is 0.696 bits per heavy atom. The Balaban J connectivity index is 0.000000360. The number of piperidine rings is 2. The molecular formula is C50H75N11O8. The number of carbonyl (C=O) groups is 7. The zero-order valence-electron chi connectivity index (χ0n) is 41.6.